The van der Waals surface area contributed by atoms with E-state index in [1.165, 1.54) is 17.5 Å². The number of hydrogen-bond donors (Lipinski definition) is 1. The fourth-order valence-electron chi connectivity index (χ4n) is 2.63. The van der Waals surface area contributed by atoms with Crippen LogP contribution in [0.2, 0.25) is 0 Å². The molecule has 2 rings (SSSR count). The van der Waals surface area contributed by atoms with Crippen LogP contribution in [-0.2, 0) is 0 Å². The van der Waals surface area contributed by atoms with E-state index >= 15 is 0 Å². The predicted octanol–water partition coefficient (Wildman–Crippen LogP) is 2.36. The molecule has 0 bridgehead atoms. The van der Waals surface area contributed by atoms with E-state index in [2.05, 4.69) is 42.3 Å². The van der Waals surface area contributed by atoms with Gasteiger partial charge in [-0.15, -0.1) is 0 Å². The average molecular weight is 248 g/mol. The molecule has 0 saturated carbocycles. The van der Waals surface area contributed by atoms with E-state index in [9.17, 15) is 0 Å². The molecule has 0 radical (unpaired) electrons. The van der Waals surface area contributed by atoms with Gasteiger partial charge >= 0.3 is 0 Å². The van der Waals surface area contributed by atoms with Crippen molar-refractivity contribution >= 4 is 0 Å². The second kappa shape index (κ2) is 6.21. The van der Waals surface area contributed by atoms with Gasteiger partial charge in [0.05, 0.1) is 7.11 Å². The summed E-state index contributed by atoms with van der Waals surface area (Å²) >= 11 is 0. The Balaban J connectivity index is 2.20. The first-order valence-corrected chi connectivity index (χ1v) is 6.81. The van der Waals surface area contributed by atoms with Crippen molar-refractivity contribution in [2.75, 3.05) is 33.3 Å². The third-order valence-electron chi connectivity index (χ3n) is 3.76. The summed E-state index contributed by atoms with van der Waals surface area (Å²) in [6, 6.07) is 6.86. The lowest BCUT2D eigenvalue weighted by molar-refractivity contribution is 0.221. The maximum atomic E-state index is 5.50. The van der Waals surface area contributed by atoms with Gasteiger partial charge in [0.1, 0.15) is 5.75 Å². The Morgan fingerprint density at radius 2 is 2.11 bits per heavy atom. The van der Waals surface area contributed by atoms with Crippen LogP contribution in [0.15, 0.2) is 18.2 Å². The summed E-state index contributed by atoms with van der Waals surface area (Å²) < 4.78 is 5.50. The highest BCUT2D eigenvalue weighted by Gasteiger charge is 2.20. The van der Waals surface area contributed by atoms with E-state index < -0.39 is 0 Å². The molecule has 1 fully saturated rings. The van der Waals surface area contributed by atoms with Gasteiger partial charge in [-0.25, -0.2) is 0 Å². The minimum absolute atomic E-state index is 0.416. The van der Waals surface area contributed by atoms with Crippen LogP contribution in [0.4, 0.5) is 0 Å². The van der Waals surface area contributed by atoms with Crippen LogP contribution >= 0.6 is 0 Å². The molecule has 3 heteroatoms. The zero-order valence-electron chi connectivity index (χ0n) is 11.7. The van der Waals surface area contributed by atoms with Crippen LogP contribution in [0.1, 0.15) is 30.5 Å². The first-order valence-electron chi connectivity index (χ1n) is 6.81. The van der Waals surface area contributed by atoms with Gasteiger partial charge in [-0.1, -0.05) is 17.7 Å². The van der Waals surface area contributed by atoms with Gasteiger partial charge in [-0.05, 0) is 39.4 Å². The van der Waals surface area contributed by atoms with Crippen LogP contribution < -0.4 is 10.1 Å². The van der Waals surface area contributed by atoms with Gasteiger partial charge < -0.3 is 10.1 Å². The molecule has 1 N–H and O–H groups in total. The molecule has 0 aromatic heterocycles. The maximum absolute atomic E-state index is 5.50. The van der Waals surface area contributed by atoms with Crippen molar-refractivity contribution in [3.63, 3.8) is 0 Å². The van der Waals surface area contributed by atoms with Crippen molar-refractivity contribution < 1.29 is 4.74 Å². The summed E-state index contributed by atoms with van der Waals surface area (Å²) in [6.07, 6.45) is 1.22. The Hall–Kier alpha value is -1.06. The molecule has 0 amide bonds. The second-order valence-electron chi connectivity index (χ2n) is 5.06. The molecule has 3 nitrogen and oxygen atoms in total. The molecule has 0 aliphatic carbocycles. The molecule has 1 atom stereocenters. The lowest BCUT2D eigenvalue weighted by Crippen LogP contribution is -2.31. The molecular weight excluding hydrogens is 224 g/mol. The second-order valence-corrected chi connectivity index (χ2v) is 5.06. The van der Waals surface area contributed by atoms with E-state index in [4.69, 9.17) is 4.74 Å². The van der Waals surface area contributed by atoms with Crippen molar-refractivity contribution in [2.24, 2.45) is 0 Å². The average Bonchev–Trinajstić information content (AvgIpc) is 2.66. The van der Waals surface area contributed by atoms with Crippen molar-refractivity contribution in [1.29, 1.82) is 0 Å². The number of hydrogen-bond acceptors (Lipinski definition) is 3. The van der Waals surface area contributed by atoms with Gasteiger partial charge in [-0.3, -0.25) is 4.90 Å². The number of rotatable bonds is 3. The molecule has 1 saturated heterocycles. The van der Waals surface area contributed by atoms with E-state index in [1.807, 2.05) is 0 Å². The quantitative estimate of drug-likeness (QED) is 0.888. The molecule has 1 aliphatic heterocycles. The molecule has 0 spiro atoms. The lowest BCUT2D eigenvalue weighted by atomic mass is 10.0. The van der Waals surface area contributed by atoms with Crippen LogP contribution in [0.25, 0.3) is 0 Å². The zero-order valence-corrected chi connectivity index (χ0v) is 11.7. The topological polar surface area (TPSA) is 24.5 Å². The monoisotopic (exact) mass is 248 g/mol. The first-order chi connectivity index (χ1) is 8.72. The van der Waals surface area contributed by atoms with Crippen LogP contribution in [-0.4, -0.2) is 38.2 Å². The van der Waals surface area contributed by atoms with Gasteiger partial charge in [0.2, 0.25) is 0 Å². The van der Waals surface area contributed by atoms with E-state index in [0.717, 1.165) is 31.9 Å². The first kappa shape index (κ1) is 13.4. The number of ether oxygens (including phenoxy) is 1. The summed E-state index contributed by atoms with van der Waals surface area (Å²) in [6.45, 7) is 8.90. The Morgan fingerprint density at radius 3 is 2.89 bits per heavy atom. The van der Waals surface area contributed by atoms with E-state index in [1.54, 1.807) is 7.11 Å². The summed E-state index contributed by atoms with van der Waals surface area (Å²) in [4.78, 5) is 2.54. The van der Waals surface area contributed by atoms with Gasteiger partial charge in [0, 0.05) is 24.7 Å². The Bertz CT molecular complexity index is 384. The summed E-state index contributed by atoms with van der Waals surface area (Å²) in [5.41, 5.74) is 2.60. The molecular formula is C15H24N2O. The minimum atomic E-state index is 0.416. The summed E-state index contributed by atoms with van der Waals surface area (Å²) in [5.74, 6) is 1.00. The highest BCUT2D eigenvalue weighted by atomic mass is 16.5. The highest BCUT2D eigenvalue weighted by Crippen LogP contribution is 2.30. The number of methoxy groups -OCH3 is 1. The molecule has 1 unspecified atom stereocenters. The smallest absolute Gasteiger partial charge is 0.123 e. The standard InChI is InChI=1S/C15H24N2O/c1-12-5-6-15(18-3)14(11-12)13(2)17-9-4-7-16-8-10-17/h5-6,11,13,16H,4,7-10H2,1-3H3. The molecule has 1 heterocycles. The van der Waals surface area contributed by atoms with Crippen LogP contribution in [0.5, 0.6) is 5.75 Å². The highest BCUT2D eigenvalue weighted by molar-refractivity contribution is 5.38. The van der Waals surface area contributed by atoms with E-state index in [0.29, 0.717) is 6.04 Å². The number of benzene rings is 1. The fraction of sp³-hybridized carbons (Fsp3) is 0.600. The third kappa shape index (κ3) is 3.03. The molecule has 1 aliphatic rings. The molecule has 1 aromatic carbocycles. The molecule has 18 heavy (non-hydrogen) atoms. The number of aryl methyl sites for hydroxylation is 1. The van der Waals surface area contributed by atoms with Crippen molar-refractivity contribution in [1.82, 2.24) is 10.2 Å². The normalized spacial score (nSPS) is 19.3. The molecule has 1 aromatic rings. The SMILES string of the molecule is COc1ccc(C)cc1C(C)N1CCCNCC1. The van der Waals surface area contributed by atoms with Crippen molar-refractivity contribution in [3.05, 3.63) is 29.3 Å². The maximum Gasteiger partial charge on any atom is 0.123 e. The van der Waals surface area contributed by atoms with Gasteiger partial charge in [-0.2, -0.15) is 0 Å². The summed E-state index contributed by atoms with van der Waals surface area (Å²) in [5, 5.41) is 3.45. The van der Waals surface area contributed by atoms with Crippen molar-refractivity contribution in [2.45, 2.75) is 26.3 Å². The minimum Gasteiger partial charge on any atom is -0.496 e. The lowest BCUT2D eigenvalue weighted by Gasteiger charge is -2.29. The number of nitrogens with one attached hydrogen (secondary N) is 1. The Labute approximate surface area is 110 Å². The van der Waals surface area contributed by atoms with Crippen LogP contribution in [0, 0.1) is 6.92 Å². The zero-order chi connectivity index (χ0) is 13.0. The number of nitrogens with zero attached hydrogens (tertiary/aromatic N) is 1. The van der Waals surface area contributed by atoms with Crippen molar-refractivity contribution in [3.8, 4) is 5.75 Å². The Morgan fingerprint density at radius 1 is 1.28 bits per heavy atom. The Kier molecular flexibility index (Phi) is 4.61. The third-order valence-corrected chi connectivity index (χ3v) is 3.76. The summed E-state index contributed by atoms with van der Waals surface area (Å²) in [7, 11) is 1.75. The molecule has 100 valence electrons. The van der Waals surface area contributed by atoms with E-state index in [-0.39, 0.29) is 0 Å². The van der Waals surface area contributed by atoms with Gasteiger partial charge in [0.15, 0.2) is 0 Å². The predicted molar refractivity (Wildman–Crippen MR) is 75.2 cm³/mol. The van der Waals surface area contributed by atoms with Gasteiger partial charge in [0.25, 0.3) is 0 Å². The largest absolute Gasteiger partial charge is 0.496 e. The fourth-order valence-corrected chi connectivity index (χ4v) is 2.63. The van der Waals surface area contributed by atoms with Crippen LogP contribution in [0.3, 0.4) is 0 Å².